The van der Waals surface area contributed by atoms with Crippen LogP contribution in [0.5, 0.6) is 0 Å². The number of aromatic nitrogens is 2. The molecule has 0 fully saturated rings. The van der Waals surface area contributed by atoms with Crippen molar-refractivity contribution in [2.75, 3.05) is 10.5 Å². The van der Waals surface area contributed by atoms with E-state index in [9.17, 15) is 8.42 Å². The summed E-state index contributed by atoms with van der Waals surface area (Å²) in [7, 11) is -1.80. The van der Waals surface area contributed by atoms with E-state index in [2.05, 4.69) is 9.71 Å². The number of nitrogens with two attached hydrogens (primary N) is 1. The Kier molecular flexibility index (Phi) is 2.76. The summed E-state index contributed by atoms with van der Waals surface area (Å²) in [5.74, 6) is 0.340. The molecule has 6 nitrogen and oxygen atoms in total. The maximum absolute atomic E-state index is 11.9. The van der Waals surface area contributed by atoms with Crippen LogP contribution in [0.4, 0.5) is 11.5 Å². The largest absolute Gasteiger partial charge is 0.384 e. The monoisotopic (exact) mass is 252 g/mol. The number of rotatable bonds is 3. The van der Waals surface area contributed by atoms with E-state index in [4.69, 9.17) is 5.73 Å². The highest BCUT2D eigenvalue weighted by Gasteiger charge is 2.15. The molecule has 0 aliphatic carbocycles. The highest BCUT2D eigenvalue weighted by Crippen LogP contribution is 2.15. The van der Waals surface area contributed by atoms with Gasteiger partial charge < -0.3 is 10.3 Å². The number of aryl methyl sites for hydroxylation is 1. The topological polar surface area (TPSA) is 90.0 Å². The summed E-state index contributed by atoms with van der Waals surface area (Å²) in [6.45, 7) is 0. The van der Waals surface area contributed by atoms with E-state index in [1.165, 1.54) is 24.5 Å². The van der Waals surface area contributed by atoms with E-state index in [0.717, 1.165) is 0 Å². The zero-order chi connectivity index (χ0) is 12.5. The minimum Gasteiger partial charge on any atom is -0.384 e. The molecule has 0 aliphatic rings. The summed E-state index contributed by atoms with van der Waals surface area (Å²) in [6.07, 6.45) is 4.55. The van der Waals surface area contributed by atoms with Crippen LogP contribution in [0.1, 0.15) is 0 Å². The minimum absolute atomic E-state index is 0.205. The molecule has 0 amide bonds. The molecule has 2 aromatic rings. The normalized spacial score (nSPS) is 11.4. The summed E-state index contributed by atoms with van der Waals surface area (Å²) >= 11 is 0. The third-order valence-electron chi connectivity index (χ3n) is 2.15. The molecule has 0 aliphatic heterocycles. The number of hydrogen-bond acceptors (Lipinski definition) is 4. The number of nitrogens with one attached hydrogen (secondary N) is 1. The standard InChI is InChI=1S/C10H12N4O2S/c1-14-5-4-9(7-14)17(15,16)13-8-2-3-10(11)12-6-8/h2-7,13H,1H3,(H2,11,12). The van der Waals surface area contributed by atoms with Gasteiger partial charge in [0.1, 0.15) is 10.7 Å². The van der Waals surface area contributed by atoms with Crippen molar-refractivity contribution in [1.29, 1.82) is 0 Å². The lowest BCUT2D eigenvalue weighted by Crippen LogP contribution is -2.12. The minimum atomic E-state index is -3.56. The van der Waals surface area contributed by atoms with Gasteiger partial charge in [-0.05, 0) is 18.2 Å². The third-order valence-corrected chi connectivity index (χ3v) is 3.52. The first-order chi connectivity index (χ1) is 7.97. The number of nitrogens with zero attached hydrogens (tertiary/aromatic N) is 2. The molecule has 17 heavy (non-hydrogen) atoms. The van der Waals surface area contributed by atoms with Crippen molar-refractivity contribution in [3.05, 3.63) is 36.8 Å². The van der Waals surface area contributed by atoms with E-state index >= 15 is 0 Å². The second kappa shape index (κ2) is 4.10. The smallest absolute Gasteiger partial charge is 0.263 e. The van der Waals surface area contributed by atoms with Crippen molar-refractivity contribution in [2.24, 2.45) is 7.05 Å². The molecule has 0 aromatic carbocycles. The molecule has 2 heterocycles. The van der Waals surface area contributed by atoms with Gasteiger partial charge in [-0.15, -0.1) is 0 Å². The molecular formula is C10H12N4O2S. The Morgan fingerprint density at radius 3 is 2.65 bits per heavy atom. The fourth-order valence-corrected chi connectivity index (χ4v) is 2.41. The van der Waals surface area contributed by atoms with Crippen LogP contribution >= 0.6 is 0 Å². The summed E-state index contributed by atoms with van der Waals surface area (Å²) in [6, 6.07) is 4.61. The Morgan fingerprint density at radius 1 is 1.35 bits per heavy atom. The average molecular weight is 252 g/mol. The molecule has 0 radical (unpaired) electrons. The van der Waals surface area contributed by atoms with Gasteiger partial charge in [-0.2, -0.15) is 0 Å². The lowest BCUT2D eigenvalue weighted by Gasteiger charge is -2.05. The van der Waals surface area contributed by atoms with Crippen molar-refractivity contribution in [3.63, 3.8) is 0 Å². The zero-order valence-electron chi connectivity index (χ0n) is 9.16. The van der Waals surface area contributed by atoms with Crippen LogP contribution in [0.2, 0.25) is 0 Å². The zero-order valence-corrected chi connectivity index (χ0v) is 9.98. The van der Waals surface area contributed by atoms with Crippen LogP contribution in [-0.4, -0.2) is 18.0 Å². The molecule has 0 saturated heterocycles. The van der Waals surface area contributed by atoms with Crippen molar-refractivity contribution >= 4 is 21.5 Å². The molecule has 2 aromatic heterocycles. The van der Waals surface area contributed by atoms with E-state index in [1.807, 2.05) is 0 Å². The van der Waals surface area contributed by atoms with E-state index in [-0.39, 0.29) is 4.90 Å². The molecule has 0 atom stereocenters. The molecular weight excluding hydrogens is 240 g/mol. The molecule has 0 bridgehead atoms. The first-order valence-corrected chi connectivity index (χ1v) is 6.32. The second-order valence-corrected chi connectivity index (χ2v) is 5.27. The van der Waals surface area contributed by atoms with E-state index in [1.54, 1.807) is 23.9 Å². The summed E-state index contributed by atoms with van der Waals surface area (Å²) < 4.78 is 27.9. The molecule has 2 rings (SSSR count). The van der Waals surface area contributed by atoms with Crippen molar-refractivity contribution < 1.29 is 8.42 Å². The van der Waals surface area contributed by atoms with E-state index in [0.29, 0.717) is 11.5 Å². The Labute approximate surface area is 99.1 Å². The quantitative estimate of drug-likeness (QED) is 0.845. The number of sulfonamides is 1. The molecule has 0 saturated carbocycles. The van der Waals surface area contributed by atoms with Gasteiger partial charge in [0.25, 0.3) is 10.0 Å². The molecule has 90 valence electrons. The Morgan fingerprint density at radius 2 is 2.12 bits per heavy atom. The first kappa shape index (κ1) is 11.5. The average Bonchev–Trinajstić information content (AvgIpc) is 2.69. The molecule has 0 spiro atoms. The highest BCUT2D eigenvalue weighted by molar-refractivity contribution is 7.92. The van der Waals surface area contributed by atoms with Crippen LogP contribution in [0, 0.1) is 0 Å². The summed E-state index contributed by atoms with van der Waals surface area (Å²) in [5, 5.41) is 0. The predicted octanol–water partition coefficient (Wildman–Crippen LogP) is 0.803. The number of hydrogen-bond donors (Lipinski definition) is 2. The van der Waals surface area contributed by atoms with Gasteiger partial charge in [-0.1, -0.05) is 0 Å². The predicted molar refractivity (Wildman–Crippen MR) is 64.9 cm³/mol. The number of nitrogen functional groups attached to an aromatic ring is 1. The lowest BCUT2D eigenvalue weighted by molar-refractivity contribution is 0.601. The molecule has 0 unspecified atom stereocenters. The van der Waals surface area contributed by atoms with Crippen LogP contribution in [0.25, 0.3) is 0 Å². The molecule has 3 N–H and O–H groups in total. The van der Waals surface area contributed by atoms with Crippen molar-refractivity contribution in [1.82, 2.24) is 9.55 Å². The van der Waals surface area contributed by atoms with Gasteiger partial charge in [0.05, 0.1) is 11.9 Å². The fraction of sp³-hybridized carbons (Fsp3) is 0.100. The maximum atomic E-state index is 11.9. The van der Waals surface area contributed by atoms with Crippen LogP contribution in [-0.2, 0) is 17.1 Å². The Balaban J connectivity index is 2.26. The van der Waals surface area contributed by atoms with Crippen molar-refractivity contribution in [2.45, 2.75) is 4.90 Å². The van der Waals surface area contributed by atoms with Gasteiger partial charge >= 0.3 is 0 Å². The van der Waals surface area contributed by atoms with Crippen LogP contribution in [0.15, 0.2) is 41.7 Å². The number of pyridine rings is 1. The highest BCUT2D eigenvalue weighted by atomic mass is 32.2. The lowest BCUT2D eigenvalue weighted by atomic mass is 10.4. The van der Waals surface area contributed by atoms with Gasteiger partial charge in [0.2, 0.25) is 0 Å². The Hall–Kier alpha value is -2.02. The molecule has 7 heteroatoms. The van der Waals surface area contributed by atoms with Gasteiger partial charge in [-0.3, -0.25) is 4.72 Å². The maximum Gasteiger partial charge on any atom is 0.263 e. The Bertz CT molecular complexity index is 616. The third kappa shape index (κ3) is 2.56. The van der Waals surface area contributed by atoms with Crippen LogP contribution in [0.3, 0.4) is 0 Å². The van der Waals surface area contributed by atoms with Gasteiger partial charge in [0.15, 0.2) is 0 Å². The van der Waals surface area contributed by atoms with Crippen LogP contribution < -0.4 is 10.5 Å². The summed E-state index contributed by atoms with van der Waals surface area (Å²) in [5.41, 5.74) is 5.79. The van der Waals surface area contributed by atoms with Crippen molar-refractivity contribution in [3.8, 4) is 0 Å². The second-order valence-electron chi connectivity index (χ2n) is 3.59. The first-order valence-electron chi connectivity index (χ1n) is 4.84. The summed E-state index contributed by atoms with van der Waals surface area (Å²) in [4.78, 5) is 4.01. The van der Waals surface area contributed by atoms with Gasteiger partial charge in [-0.25, -0.2) is 13.4 Å². The SMILES string of the molecule is Cn1ccc(S(=O)(=O)Nc2ccc(N)nc2)c1. The van der Waals surface area contributed by atoms with Gasteiger partial charge in [0, 0.05) is 19.4 Å². The van der Waals surface area contributed by atoms with E-state index < -0.39 is 10.0 Å². The number of anilines is 2. The fourth-order valence-electron chi connectivity index (χ4n) is 1.32.